The van der Waals surface area contributed by atoms with E-state index in [-0.39, 0.29) is 0 Å². The zero-order chi connectivity index (χ0) is 27.8. The Morgan fingerprint density at radius 1 is 0.465 bits per heavy atom. The molecule has 6 aromatic carbocycles. The van der Waals surface area contributed by atoms with Gasteiger partial charge in [0.1, 0.15) is 5.69 Å². The molecule has 1 aliphatic rings. The fourth-order valence-electron chi connectivity index (χ4n) is 7.45. The number of para-hydroxylation sites is 5. The maximum absolute atomic E-state index is 5.40. The maximum Gasteiger partial charge on any atom is 0.165 e. The number of nitrogens with zero attached hydrogens (tertiary/aromatic N) is 4. The molecule has 198 valence electrons. The molecule has 5 heteroatoms. The van der Waals surface area contributed by atoms with Crippen LogP contribution in [-0.4, -0.2) is 14.4 Å². The first-order chi connectivity index (χ1) is 21.3. The molecule has 0 spiro atoms. The number of anilines is 3. The molecule has 0 aliphatic carbocycles. The zero-order valence-corrected chi connectivity index (χ0v) is 23.6. The van der Waals surface area contributed by atoms with Crippen LogP contribution in [0.4, 0.5) is 17.2 Å². The lowest BCUT2D eigenvalue weighted by molar-refractivity contribution is 1.16. The van der Waals surface area contributed by atoms with Crippen molar-refractivity contribution in [2.75, 3.05) is 4.90 Å². The van der Waals surface area contributed by atoms with Crippen molar-refractivity contribution in [3.05, 3.63) is 121 Å². The maximum atomic E-state index is 5.40. The topological polar surface area (TPSA) is 33.4 Å². The van der Waals surface area contributed by atoms with Crippen LogP contribution in [-0.2, 0) is 0 Å². The van der Waals surface area contributed by atoms with Crippen molar-refractivity contribution < 1.29 is 0 Å². The lowest BCUT2D eigenvalue weighted by Crippen LogP contribution is -2.17. The Kier molecular flexibility index (Phi) is 3.94. The van der Waals surface area contributed by atoms with Crippen LogP contribution in [0.3, 0.4) is 0 Å². The predicted octanol–water partition coefficient (Wildman–Crippen LogP) is 10.6. The van der Waals surface area contributed by atoms with E-state index in [9.17, 15) is 0 Å². The molecule has 0 fully saturated rings. The molecule has 0 amide bonds. The van der Waals surface area contributed by atoms with Gasteiger partial charge < -0.3 is 4.40 Å². The van der Waals surface area contributed by atoms with Gasteiger partial charge in [0.05, 0.1) is 39.0 Å². The molecule has 0 saturated carbocycles. The Morgan fingerprint density at radius 3 is 1.79 bits per heavy atom. The van der Waals surface area contributed by atoms with Gasteiger partial charge in [0.25, 0.3) is 0 Å². The van der Waals surface area contributed by atoms with Gasteiger partial charge in [0, 0.05) is 47.3 Å². The SMILES string of the molecule is c1ccc2nc(N3c4cccc5c6cccc7c8cccc3c8n(c45)c67)c(-c3ccc4sc5ccccc5c4c3)nc2c1. The molecule has 1 aliphatic heterocycles. The van der Waals surface area contributed by atoms with Crippen LogP contribution in [0.5, 0.6) is 0 Å². The first kappa shape index (κ1) is 22.1. The summed E-state index contributed by atoms with van der Waals surface area (Å²) in [7, 11) is 0. The van der Waals surface area contributed by atoms with Crippen molar-refractivity contribution in [1.82, 2.24) is 14.4 Å². The highest BCUT2D eigenvalue weighted by atomic mass is 32.1. The summed E-state index contributed by atoms with van der Waals surface area (Å²) in [5.41, 5.74) is 9.72. The van der Waals surface area contributed by atoms with E-state index < -0.39 is 0 Å². The summed E-state index contributed by atoms with van der Waals surface area (Å²) < 4.78 is 5.06. The van der Waals surface area contributed by atoms with Crippen molar-refractivity contribution in [3.8, 4) is 11.3 Å². The van der Waals surface area contributed by atoms with Crippen LogP contribution >= 0.6 is 11.3 Å². The largest absolute Gasteiger partial charge is 0.304 e. The Balaban J connectivity index is 1.29. The second kappa shape index (κ2) is 7.65. The van der Waals surface area contributed by atoms with Gasteiger partial charge in [-0.25, -0.2) is 9.97 Å². The Morgan fingerprint density at radius 2 is 1.05 bits per heavy atom. The molecule has 0 saturated heterocycles. The van der Waals surface area contributed by atoms with E-state index in [1.54, 1.807) is 0 Å². The van der Waals surface area contributed by atoms with Crippen LogP contribution < -0.4 is 4.90 Å². The molecule has 43 heavy (non-hydrogen) atoms. The molecular formula is C38H20N4S. The van der Waals surface area contributed by atoms with Crippen molar-refractivity contribution in [1.29, 1.82) is 0 Å². The summed E-state index contributed by atoms with van der Waals surface area (Å²) in [4.78, 5) is 13.1. The minimum atomic E-state index is 0.846. The average molecular weight is 565 g/mol. The Hall–Kier alpha value is -5.52. The monoisotopic (exact) mass is 564 g/mol. The number of benzene rings is 6. The summed E-state index contributed by atoms with van der Waals surface area (Å²) in [6, 6.07) is 43.6. The number of hydrogen-bond donors (Lipinski definition) is 0. The molecule has 4 aromatic heterocycles. The van der Waals surface area contributed by atoms with Crippen molar-refractivity contribution in [2.45, 2.75) is 0 Å². The minimum Gasteiger partial charge on any atom is -0.304 e. The van der Waals surface area contributed by atoms with E-state index in [0.29, 0.717) is 0 Å². The lowest BCUT2D eigenvalue weighted by Gasteiger charge is -2.30. The Bertz CT molecular complexity index is 2720. The molecule has 4 nitrogen and oxygen atoms in total. The summed E-state index contributed by atoms with van der Waals surface area (Å²) >= 11 is 1.84. The van der Waals surface area contributed by atoms with Crippen LogP contribution in [0.25, 0.3) is 80.6 Å². The second-order valence-corrected chi connectivity index (χ2v) is 12.5. The highest BCUT2D eigenvalue weighted by Gasteiger charge is 2.32. The van der Waals surface area contributed by atoms with E-state index >= 15 is 0 Å². The first-order valence-electron chi connectivity index (χ1n) is 14.5. The molecule has 0 atom stereocenters. The molecule has 11 rings (SSSR count). The Labute approximate surface area is 249 Å². The number of rotatable bonds is 2. The van der Waals surface area contributed by atoms with Crippen molar-refractivity contribution in [2.24, 2.45) is 0 Å². The third-order valence-electron chi connectivity index (χ3n) is 9.21. The molecule has 5 heterocycles. The number of aromatic nitrogens is 3. The van der Waals surface area contributed by atoms with Gasteiger partial charge in [0.2, 0.25) is 0 Å². The van der Waals surface area contributed by atoms with Gasteiger partial charge >= 0.3 is 0 Å². The van der Waals surface area contributed by atoms with Gasteiger partial charge in [-0.3, -0.25) is 4.90 Å². The number of fused-ring (bicyclic) bond motifs is 6. The standard InChI is InChI=1S/C38H20N4S/c1-4-17-32-22(8-1)27-20-21(18-19-33(27)43-32)34-38(40-29-14-3-2-13-28(29)39-34)41-30-15-6-11-25-23-9-5-10-24-26-12-7-16-31(41)37(26)42(35(23)24)36(25)30/h1-20H. The van der Waals surface area contributed by atoms with E-state index in [0.717, 1.165) is 39.5 Å². The first-order valence-corrected chi connectivity index (χ1v) is 15.3. The average Bonchev–Trinajstić information content (AvgIpc) is 3.72. The fraction of sp³-hybridized carbons (Fsp3) is 0. The van der Waals surface area contributed by atoms with Crippen molar-refractivity contribution >= 4 is 97.8 Å². The third-order valence-corrected chi connectivity index (χ3v) is 10.4. The highest BCUT2D eigenvalue weighted by Crippen LogP contribution is 2.53. The zero-order valence-electron chi connectivity index (χ0n) is 22.7. The van der Waals surface area contributed by atoms with Crippen LogP contribution in [0.2, 0.25) is 0 Å². The number of thiophene rings is 1. The quantitative estimate of drug-likeness (QED) is 0.209. The lowest BCUT2D eigenvalue weighted by atomic mass is 10.0. The molecule has 0 radical (unpaired) electrons. The summed E-state index contributed by atoms with van der Waals surface area (Å²) in [6.07, 6.45) is 0. The summed E-state index contributed by atoms with van der Waals surface area (Å²) in [5, 5.41) is 7.65. The highest BCUT2D eigenvalue weighted by molar-refractivity contribution is 7.25. The van der Waals surface area contributed by atoms with E-state index in [2.05, 4.69) is 118 Å². The predicted molar refractivity (Wildman–Crippen MR) is 181 cm³/mol. The smallest absolute Gasteiger partial charge is 0.165 e. The molecular weight excluding hydrogens is 545 g/mol. The summed E-state index contributed by atoms with van der Waals surface area (Å²) in [6.45, 7) is 0. The molecule has 10 aromatic rings. The van der Waals surface area contributed by atoms with Gasteiger partial charge in [-0.1, -0.05) is 78.9 Å². The molecule has 0 unspecified atom stereocenters. The second-order valence-electron chi connectivity index (χ2n) is 11.4. The molecule has 0 N–H and O–H groups in total. The normalized spacial score (nSPS) is 13.1. The van der Waals surface area contributed by atoms with E-state index in [1.165, 1.54) is 58.3 Å². The molecule has 0 bridgehead atoms. The summed E-state index contributed by atoms with van der Waals surface area (Å²) in [5.74, 6) is 0.846. The minimum absolute atomic E-state index is 0.846. The van der Waals surface area contributed by atoms with E-state index in [4.69, 9.17) is 9.97 Å². The van der Waals surface area contributed by atoms with Gasteiger partial charge in [0.15, 0.2) is 5.82 Å². The number of hydrogen-bond acceptors (Lipinski definition) is 4. The third kappa shape index (κ3) is 2.67. The fourth-order valence-corrected chi connectivity index (χ4v) is 8.54. The van der Waals surface area contributed by atoms with Gasteiger partial charge in [-0.05, 0) is 42.5 Å². The van der Waals surface area contributed by atoms with Crippen LogP contribution in [0, 0.1) is 0 Å². The van der Waals surface area contributed by atoms with Gasteiger partial charge in [-0.2, -0.15) is 0 Å². The van der Waals surface area contributed by atoms with Gasteiger partial charge in [-0.15, -0.1) is 11.3 Å². The van der Waals surface area contributed by atoms with Crippen LogP contribution in [0.1, 0.15) is 0 Å². The van der Waals surface area contributed by atoms with E-state index in [1.807, 2.05) is 23.5 Å². The van der Waals surface area contributed by atoms with Crippen molar-refractivity contribution in [3.63, 3.8) is 0 Å². The van der Waals surface area contributed by atoms with Crippen LogP contribution in [0.15, 0.2) is 121 Å².